The molecule has 0 amide bonds. The molecule has 0 aliphatic carbocycles. The lowest BCUT2D eigenvalue weighted by Crippen LogP contribution is -2.36. The van der Waals surface area contributed by atoms with Crippen molar-refractivity contribution < 1.29 is 4.42 Å². The largest absolute Gasteiger partial charge is 0.465 e. The minimum atomic E-state index is -0.0111. The fourth-order valence-corrected chi connectivity index (χ4v) is 4.77. The highest BCUT2D eigenvalue weighted by atomic mass is 32.2. The standard InChI is InChI=1S/C16H17N3O2S2/c1-11-2-3-14(21-11)13-10-22-6-4-18(13)9-12-8-15(20)19-5-7-23-16(19)17-12/h2-3,5,7-8,13H,4,6,9-10H2,1H3/t13-/m0/s1. The maximum Gasteiger partial charge on any atom is 0.258 e. The number of nitrogens with zero attached hydrogens (tertiary/aromatic N) is 3. The number of hydrogen-bond acceptors (Lipinski definition) is 6. The number of thioether (sulfide) groups is 1. The Balaban J connectivity index is 1.63. The summed E-state index contributed by atoms with van der Waals surface area (Å²) in [5.41, 5.74) is 0.820. The second kappa shape index (κ2) is 6.14. The van der Waals surface area contributed by atoms with Gasteiger partial charge in [-0.3, -0.25) is 14.1 Å². The van der Waals surface area contributed by atoms with Crippen LogP contribution in [-0.4, -0.2) is 32.3 Å². The van der Waals surface area contributed by atoms with Crippen molar-refractivity contribution >= 4 is 28.1 Å². The topological polar surface area (TPSA) is 50.8 Å². The predicted octanol–water partition coefficient (Wildman–Crippen LogP) is 2.95. The lowest BCUT2D eigenvalue weighted by molar-refractivity contribution is 0.185. The van der Waals surface area contributed by atoms with Gasteiger partial charge in [-0.05, 0) is 19.1 Å². The van der Waals surface area contributed by atoms with Crippen LogP contribution < -0.4 is 5.56 Å². The van der Waals surface area contributed by atoms with Crippen LogP contribution in [0.15, 0.2) is 39.0 Å². The predicted molar refractivity (Wildman–Crippen MR) is 93.3 cm³/mol. The highest BCUT2D eigenvalue weighted by Crippen LogP contribution is 2.31. The molecule has 3 aromatic rings. The summed E-state index contributed by atoms with van der Waals surface area (Å²) in [6.07, 6.45) is 1.77. The summed E-state index contributed by atoms with van der Waals surface area (Å²) in [6, 6.07) is 5.95. The summed E-state index contributed by atoms with van der Waals surface area (Å²) in [5.74, 6) is 4.04. The Morgan fingerprint density at radius 3 is 3.17 bits per heavy atom. The van der Waals surface area contributed by atoms with Crippen molar-refractivity contribution in [3.05, 3.63) is 57.3 Å². The van der Waals surface area contributed by atoms with E-state index in [4.69, 9.17) is 4.42 Å². The van der Waals surface area contributed by atoms with Gasteiger partial charge in [-0.1, -0.05) is 0 Å². The van der Waals surface area contributed by atoms with Crippen molar-refractivity contribution in [3.63, 3.8) is 0 Å². The Kier molecular flexibility index (Phi) is 4.00. The average molecular weight is 347 g/mol. The van der Waals surface area contributed by atoms with Crippen molar-refractivity contribution in [3.8, 4) is 0 Å². The first-order valence-electron chi connectivity index (χ1n) is 7.54. The molecule has 4 rings (SSSR count). The second-order valence-corrected chi connectivity index (χ2v) is 7.67. The van der Waals surface area contributed by atoms with Gasteiger partial charge in [0.1, 0.15) is 11.5 Å². The molecule has 1 fully saturated rings. The maximum atomic E-state index is 12.1. The van der Waals surface area contributed by atoms with E-state index in [0.29, 0.717) is 6.54 Å². The smallest absolute Gasteiger partial charge is 0.258 e. The third kappa shape index (κ3) is 2.96. The molecule has 1 atom stereocenters. The highest BCUT2D eigenvalue weighted by Gasteiger charge is 2.27. The second-order valence-electron chi connectivity index (χ2n) is 5.65. The van der Waals surface area contributed by atoms with Crippen molar-refractivity contribution in [1.82, 2.24) is 14.3 Å². The normalized spacial score (nSPS) is 19.4. The van der Waals surface area contributed by atoms with E-state index >= 15 is 0 Å². The van der Waals surface area contributed by atoms with E-state index in [0.717, 1.165) is 40.2 Å². The number of hydrogen-bond donors (Lipinski definition) is 0. The molecule has 0 saturated carbocycles. The molecule has 1 aliphatic heterocycles. The maximum absolute atomic E-state index is 12.1. The first-order chi connectivity index (χ1) is 11.2. The van der Waals surface area contributed by atoms with Crippen LogP contribution in [0.25, 0.3) is 4.96 Å². The number of thiazole rings is 1. The minimum absolute atomic E-state index is 0.0111. The summed E-state index contributed by atoms with van der Waals surface area (Å²) in [6.45, 7) is 3.62. The van der Waals surface area contributed by atoms with E-state index in [-0.39, 0.29) is 11.6 Å². The van der Waals surface area contributed by atoms with Crippen LogP contribution in [-0.2, 0) is 6.54 Å². The van der Waals surface area contributed by atoms with Gasteiger partial charge in [0, 0.05) is 42.2 Å². The first kappa shape index (κ1) is 15.0. The van der Waals surface area contributed by atoms with Gasteiger partial charge in [0.05, 0.1) is 11.7 Å². The number of fused-ring (bicyclic) bond motifs is 1. The van der Waals surface area contributed by atoms with E-state index in [1.165, 1.54) is 11.3 Å². The Morgan fingerprint density at radius 1 is 1.43 bits per heavy atom. The van der Waals surface area contributed by atoms with Crippen molar-refractivity contribution in [2.75, 3.05) is 18.1 Å². The van der Waals surface area contributed by atoms with Crippen molar-refractivity contribution in [2.24, 2.45) is 0 Å². The Bertz CT molecular complexity index is 883. The molecule has 1 saturated heterocycles. The van der Waals surface area contributed by atoms with Crippen molar-refractivity contribution in [2.45, 2.75) is 19.5 Å². The molecule has 0 N–H and O–H groups in total. The molecule has 120 valence electrons. The van der Waals surface area contributed by atoms with E-state index in [1.54, 1.807) is 16.7 Å². The number of aryl methyl sites for hydroxylation is 1. The van der Waals surface area contributed by atoms with E-state index in [9.17, 15) is 4.79 Å². The lowest BCUT2D eigenvalue weighted by Gasteiger charge is -2.33. The number of rotatable bonds is 3. The average Bonchev–Trinajstić information content (AvgIpc) is 3.17. The summed E-state index contributed by atoms with van der Waals surface area (Å²) in [5, 5.41) is 1.89. The SMILES string of the molecule is Cc1ccc([C@@H]2CSCCN2Cc2cc(=O)n3ccsc3n2)o1. The molecule has 1 aliphatic rings. The molecule has 3 aromatic heterocycles. The fourth-order valence-electron chi connectivity index (χ4n) is 2.90. The van der Waals surface area contributed by atoms with Crippen LogP contribution in [0.5, 0.6) is 0 Å². The molecule has 7 heteroatoms. The van der Waals surface area contributed by atoms with Crippen LogP contribution in [0.1, 0.15) is 23.3 Å². The van der Waals surface area contributed by atoms with Gasteiger partial charge in [-0.15, -0.1) is 11.3 Å². The molecular formula is C16H17N3O2S2. The molecular weight excluding hydrogens is 330 g/mol. The summed E-state index contributed by atoms with van der Waals surface area (Å²) in [7, 11) is 0. The third-order valence-corrected chi connectivity index (χ3v) is 5.83. The van der Waals surface area contributed by atoms with E-state index in [1.807, 2.05) is 30.1 Å². The molecule has 0 unspecified atom stereocenters. The first-order valence-corrected chi connectivity index (χ1v) is 9.58. The molecule has 5 nitrogen and oxygen atoms in total. The molecule has 4 heterocycles. The molecule has 0 radical (unpaired) electrons. The zero-order chi connectivity index (χ0) is 15.8. The van der Waals surface area contributed by atoms with Gasteiger partial charge in [-0.25, -0.2) is 4.98 Å². The van der Waals surface area contributed by atoms with Crippen LogP contribution in [0, 0.1) is 6.92 Å². The van der Waals surface area contributed by atoms with Gasteiger partial charge < -0.3 is 4.42 Å². The summed E-state index contributed by atoms with van der Waals surface area (Å²) >= 11 is 3.43. The van der Waals surface area contributed by atoms with Crippen LogP contribution in [0.3, 0.4) is 0 Å². The molecule has 0 bridgehead atoms. The molecule has 0 spiro atoms. The van der Waals surface area contributed by atoms with Crippen LogP contribution in [0.2, 0.25) is 0 Å². The van der Waals surface area contributed by atoms with Gasteiger partial charge in [0.25, 0.3) is 5.56 Å². The van der Waals surface area contributed by atoms with Crippen molar-refractivity contribution in [1.29, 1.82) is 0 Å². The lowest BCUT2D eigenvalue weighted by atomic mass is 10.2. The van der Waals surface area contributed by atoms with Gasteiger partial charge in [-0.2, -0.15) is 11.8 Å². The fraction of sp³-hybridized carbons (Fsp3) is 0.375. The molecule has 23 heavy (non-hydrogen) atoms. The Hall–Kier alpha value is -1.57. The van der Waals surface area contributed by atoms with Gasteiger partial charge in [0.15, 0.2) is 4.96 Å². The van der Waals surface area contributed by atoms with E-state index in [2.05, 4.69) is 16.0 Å². The third-order valence-electron chi connectivity index (χ3n) is 4.05. The van der Waals surface area contributed by atoms with Crippen LogP contribution >= 0.6 is 23.1 Å². The monoisotopic (exact) mass is 347 g/mol. The highest BCUT2D eigenvalue weighted by molar-refractivity contribution is 7.99. The number of furan rings is 1. The Labute approximate surface area is 141 Å². The summed E-state index contributed by atoms with van der Waals surface area (Å²) < 4.78 is 7.42. The van der Waals surface area contributed by atoms with Gasteiger partial charge >= 0.3 is 0 Å². The minimum Gasteiger partial charge on any atom is -0.465 e. The zero-order valence-electron chi connectivity index (χ0n) is 12.8. The van der Waals surface area contributed by atoms with Crippen LogP contribution in [0.4, 0.5) is 0 Å². The quantitative estimate of drug-likeness (QED) is 0.729. The summed E-state index contributed by atoms with van der Waals surface area (Å²) in [4.78, 5) is 19.9. The zero-order valence-corrected chi connectivity index (χ0v) is 14.4. The number of aromatic nitrogens is 2. The Morgan fingerprint density at radius 2 is 2.35 bits per heavy atom. The van der Waals surface area contributed by atoms with Gasteiger partial charge in [0.2, 0.25) is 0 Å². The van der Waals surface area contributed by atoms with E-state index < -0.39 is 0 Å². The molecule has 0 aromatic carbocycles.